The van der Waals surface area contributed by atoms with Crippen LogP contribution in [0.25, 0.3) is 0 Å². The Morgan fingerprint density at radius 2 is 1.81 bits per heavy atom. The third kappa shape index (κ3) is 3.60. The number of hydrogen-bond donors (Lipinski definition) is 0. The Morgan fingerprint density at radius 1 is 1.19 bits per heavy atom. The molecule has 2 rings (SSSR count). The number of alkyl halides is 3. The molecular formula is C16H15F3O2. The van der Waals surface area contributed by atoms with Gasteiger partial charge in [0.2, 0.25) is 0 Å². The van der Waals surface area contributed by atoms with Crippen molar-refractivity contribution >= 4 is 11.6 Å². The zero-order valence-electron chi connectivity index (χ0n) is 11.5. The van der Waals surface area contributed by atoms with E-state index in [1.807, 2.05) is 0 Å². The van der Waals surface area contributed by atoms with Crippen LogP contribution in [0.3, 0.4) is 0 Å². The number of Topliss-reactive ketones (excluding diaryl/α,β-unsaturated/α-hetero) is 2. The SMILES string of the molecule is CC(=O)CC1CCC=C1C(=O)c1ccc(C(F)(F)F)cc1. The topological polar surface area (TPSA) is 34.1 Å². The maximum absolute atomic E-state index is 12.5. The Morgan fingerprint density at radius 3 is 2.33 bits per heavy atom. The number of allylic oxidation sites excluding steroid dienone is 2. The molecule has 0 saturated heterocycles. The fourth-order valence-corrected chi connectivity index (χ4v) is 2.58. The Labute approximate surface area is 120 Å². The van der Waals surface area contributed by atoms with Crippen LogP contribution in [0.2, 0.25) is 0 Å². The van der Waals surface area contributed by atoms with Crippen LogP contribution in [-0.4, -0.2) is 11.6 Å². The van der Waals surface area contributed by atoms with Gasteiger partial charge in [-0.3, -0.25) is 4.79 Å². The van der Waals surface area contributed by atoms with Crippen LogP contribution in [-0.2, 0) is 11.0 Å². The highest BCUT2D eigenvalue weighted by Gasteiger charge is 2.31. The second-order valence-electron chi connectivity index (χ2n) is 5.24. The monoisotopic (exact) mass is 296 g/mol. The first-order chi connectivity index (χ1) is 9.79. The quantitative estimate of drug-likeness (QED) is 0.780. The lowest BCUT2D eigenvalue weighted by atomic mass is 9.90. The maximum Gasteiger partial charge on any atom is 0.416 e. The molecule has 1 aromatic rings. The van der Waals surface area contributed by atoms with Crippen LogP contribution in [0.1, 0.15) is 42.1 Å². The van der Waals surface area contributed by atoms with E-state index < -0.39 is 11.7 Å². The number of halogens is 3. The van der Waals surface area contributed by atoms with Crippen molar-refractivity contribution in [2.45, 2.75) is 32.4 Å². The Bertz CT molecular complexity index is 583. The lowest BCUT2D eigenvalue weighted by molar-refractivity contribution is -0.137. The van der Waals surface area contributed by atoms with Gasteiger partial charge in [0.15, 0.2) is 5.78 Å². The van der Waals surface area contributed by atoms with Crippen molar-refractivity contribution in [3.8, 4) is 0 Å². The van der Waals surface area contributed by atoms with Crippen LogP contribution in [0, 0.1) is 5.92 Å². The summed E-state index contributed by atoms with van der Waals surface area (Å²) in [4.78, 5) is 23.5. The van der Waals surface area contributed by atoms with E-state index in [0.717, 1.165) is 25.0 Å². The van der Waals surface area contributed by atoms with Gasteiger partial charge < -0.3 is 4.79 Å². The molecule has 0 heterocycles. The summed E-state index contributed by atoms with van der Waals surface area (Å²) in [6.07, 6.45) is -0.863. The van der Waals surface area contributed by atoms with Gasteiger partial charge in [0, 0.05) is 12.0 Å². The van der Waals surface area contributed by atoms with Crippen molar-refractivity contribution in [3.05, 3.63) is 47.0 Å². The Balaban J connectivity index is 2.18. The molecule has 0 fully saturated rings. The smallest absolute Gasteiger partial charge is 0.300 e. The molecule has 1 aliphatic rings. The average Bonchev–Trinajstić information content (AvgIpc) is 2.84. The standard InChI is InChI=1S/C16H15F3O2/c1-10(20)9-12-3-2-4-14(12)15(21)11-5-7-13(8-6-11)16(17,18)19/h4-8,12H,2-3,9H2,1H3. The molecule has 0 radical (unpaired) electrons. The van der Waals surface area contributed by atoms with Gasteiger partial charge in [-0.1, -0.05) is 18.2 Å². The van der Waals surface area contributed by atoms with Crippen LogP contribution in [0.15, 0.2) is 35.9 Å². The minimum atomic E-state index is -4.41. The molecule has 5 heteroatoms. The van der Waals surface area contributed by atoms with Crippen LogP contribution in [0.5, 0.6) is 0 Å². The van der Waals surface area contributed by atoms with E-state index >= 15 is 0 Å². The highest BCUT2D eigenvalue weighted by molar-refractivity contribution is 6.09. The largest absolute Gasteiger partial charge is 0.416 e. The minimum Gasteiger partial charge on any atom is -0.300 e. The van der Waals surface area contributed by atoms with E-state index in [-0.39, 0.29) is 23.0 Å². The summed E-state index contributed by atoms with van der Waals surface area (Å²) >= 11 is 0. The zero-order valence-corrected chi connectivity index (χ0v) is 11.5. The number of carbonyl (C=O) groups excluding carboxylic acids is 2. The summed E-state index contributed by atoms with van der Waals surface area (Å²) in [5, 5.41) is 0. The molecule has 2 nitrogen and oxygen atoms in total. The van der Waals surface area contributed by atoms with Gasteiger partial charge in [0.05, 0.1) is 5.56 Å². The Kier molecular flexibility index (Phi) is 4.30. The predicted octanol–water partition coefficient (Wildman–Crippen LogP) is 4.20. The molecule has 0 saturated carbocycles. The first-order valence-electron chi connectivity index (χ1n) is 6.70. The van der Waals surface area contributed by atoms with Crippen LogP contribution < -0.4 is 0 Å². The van der Waals surface area contributed by atoms with E-state index in [4.69, 9.17) is 0 Å². The summed E-state index contributed by atoms with van der Waals surface area (Å²) in [6.45, 7) is 1.47. The molecule has 1 unspecified atom stereocenters. The molecule has 1 aromatic carbocycles. The van der Waals surface area contributed by atoms with Gasteiger partial charge in [-0.05, 0) is 43.4 Å². The molecule has 1 aliphatic carbocycles. The molecule has 21 heavy (non-hydrogen) atoms. The highest BCUT2D eigenvalue weighted by Crippen LogP contribution is 2.33. The zero-order chi connectivity index (χ0) is 15.6. The molecule has 0 bridgehead atoms. The lowest BCUT2D eigenvalue weighted by Gasteiger charge is -2.13. The summed E-state index contributed by atoms with van der Waals surface area (Å²) in [5.74, 6) is -0.391. The third-order valence-electron chi connectivity index (χ3n) is 3.59. The second kappa shape index (κ2) is 5.84. The van der Waals surface area contributed by atoms with Crippen molar-refractivity contribution in [1.29, 1.82) is 0 Å². The normalized spacial score (nSPS) is 18.5. The number of rotatable bonds is 4. The van der Waals surface area contributed by atoms with Crippen molar-refractivity contribution in [2.24, 2.45) is 5.92 Å². The fourth-order valence-electron chi connectivity index (χ4n) is 2.58. The Hall–Kier alpha value is -1.91. The summed E-state index contributed by atoms with van der Waals surface area (Å²) in [7, 11) is 0. The number of benzene rings is 1. The van der Waals surface area contributed by atoms with Gasteiger partial charge in [-0.25, -0.2) is 0 Å². The lowest BCUT2D eigenvalue weighted by Crippen LogP contribution is -2.13. The van der Waals surface area contributed by atoms with Crippen molar-refractivity contribution in [3.63, 3.8) is 0 Å². The summed E-state index contributed by atoms with van der Waals surface area (Å²) < 4.78 is 37.5. The molecule has 0 spiro atoms. The van der Waals surface area contributed by atoms with E-state index in [1.165, 1.54) is 19.1 Å². The van der Waals surface area contributed by atoms with E-state index in [2.05, 4.69) is 0 Å². The molecule has 0 N–H and O–H groups in total. The van der Waals surface area contributed by atoms with Crippen molar-refractivity contribution < 1.29 is 22.8 Å². The van der Waals surface area contributed by atoms with Gasteiger partial charge in [0.25, 0.3) is 0 Å². The van der Waals surface area contributed by atoms with Crippen molar-refractivity contribution in [1.82, 2.24) is 0 Å². The highest BCUT2D eigenvalue weighted by atomic mass is 19.4. The molecule has 0 amide bonds. The summed E-state index contributed by atoms with van der Waals surface area (Å²) in [5.41, 5.74) is -0.00519. The van der Waals surface area contributed by atoms with Gasteiger partial charge in [-0.2, -0.15) is 13.2 Å². The molecule has 0 aliphatic heterocycles. The molecule has 112 valence electrons. The van der Waals surface area contributed by atoms with Crippen LogP contribution in [0.4, 0.5) is 13.2 Å². The molecule has 1 atom stereocenters. The predicted molar refractivity (Wildman–Crippen MR) is 71.9 cm³/mol. The van der Waals surface area contributed by atoms with Gasteiger partial charge >= 0.3 is 6.18 Å². The van der Waals surface area contributed by atoms with E-state index in [0.29, 0.717) is 12.0 Å². The van der Waals surface area contributed by atoms with Gasteiger partial charge in [0.1, 0.15) is 5.78 Å². The van der Waals surface area contributed by atoms with E-state index in [1.54, 1.807) is 6.08 Å². The minimum absolute atomic E-state index is 0.00743. The molecule has 0 aromatic heterocycles. The number of carbonyl (C=O) groups is 2. The fraction of sp³-hybridized carbons (Fsp3) is 0.375. The number of ketones is 2. The first kappa shape index (κ1) is 15.5. The maximum atomic E-state index is 12.5. The van der Waals surface area contributed by atoms with E-state index in [9.17, 15) is 22.8 Å². The van der Waals surface area contributed by atoms with Crippen molar-refractivity contribution in [2.75, 3.05) is 0 Å². The third-order valence-corrected chi connectivity index (χ3v) is 3.59. The second-order valence-corrected chi connectivity index (χ2v) is 5.24. The van der Waals surface area contributed by atoms with Gasteiger partial charge in [-0.15, -0.1) is 0 Å². The first-order valence-corrected chi connectivity index (χ1v) is 6.70. The molecular weight excluding hydrogens is 281 g/mol. The number of hydrogen-bond acceptors (Lipinski definition) is 2. The summed E-state index contributed by atoms with van der Waals surface area (Å²) in [6, 6.07) is 4.19. The average molecular weight is 296 g/mol. The van der Waals surface area contributed by atoms with Crippen LogP contribution >= 0.6 is 0 Å².